The van der Waals surface area contributed by atoms with Gasteiger partial charge in [-0.1, -0.05) is 135 Å². The Hall–Kier alpha value is -14.3. The standard InChI is InChI=1S/C16H16FIN4.C16H15IN4.C16H16N4.C15H15FN4.C15H14FN3.2C15H15IN4.CH4.2FH/c1-21(2)13-5-3-11(4-6-13)14-10-22-16(19-14)12(7-8-17)9-15(18)20-22;1-4-11-9-15-18-14(10-21(15)19-16(11)17)12-5-7-13(8-6-12)20(2)3;1-4-12-9-16-18-15(11-20(16)17-10-12)13-5-7-14(8-6-13)19(2)3;1-10-8-14(16)18-20-9-13(17-15(10)20)11-4-6-12(7-5-11)19(2)3;1-11-2-4-12(5-3-11)14-10-19-15(18-14)13(6-8-16)7-9-17-19;1-10-8-14-17-13(9-20(14)18-15(10)16)11-4-6-12(7-5-11)19(2)3;1-10-8-14(16)18-20-9-13(17-15(10)20)11-4-6-12(7-5-11)19(2)3;;;/h3-6,9-10H,7-8H2,1-2H3;4-10H,1H2,2-3H3;4-11H,1H2,2-3H3;4-9H,1-3H3;2-5,7,9-10H,6,8H2,1H3;2*4-9H,1-3H3;1H4;2*1H. The Labute approximate surface area is 893 Å². The van der Waals surface area contributed by atoms with Crippen molar-refractivity contribution in [2.45, 2.75) is 48.0 Å². The minimum atomic E-state index is -0.498. The minimum Gasteiger partial charge on any atom is -0.378 e. The maximum atomic E-state index is 13.3. The summed E-state index contributed by atoms with van der Waals surface area (Å²) in [6, 6.07) is 71.0. The topological polar surface area (TPSA) is 231 Å². The predicted octanol–water partition coefficient (Wildman–Crippen LogP) is 24.2. The van der Waals surface area contributed by atoms with Gasteiger partial charge in [0, 0.05) is 199 Å². The first kappa shape index (κ1) is 110. The van der Waals surface area contributed by atoms with Crippen LogP contribution in [-0.2, 0) is 12.8 Å². The maximum Gasteiger partial charge on any atom is 0.232 e. The number of hydrogen-bond donors (Lipinski definition) is 0. The van der Waals surface area contributed by atoms with Gasteiger partial charge >= 0.3 is 0 Å². The summed E-state index contributed by atoms with van der Waals surface area (Å²) in [5.41, 5.74) is 34.3. The van der Waals surface area contributed by atoms with Crippen molar-refractivity contribution >= 4 is 176 Å². The summed E-state index contributed by atoms with van der Waals surface area (Å²) in [6.07, 6.45) is 21.1. The maximum absolute atomic E-state index is 13.3. The van der Waals surface area contributed by atoms with Gasteiger partial charge in [-0.15, -0.1) is 5.10 Å². The number of alkyl halides is 2. The van der Waals surface area contributed by atoms with E-state index < -0.39 is 12.6 Å². The van der Waals surface area contributed by atoms with Crippen molar-refractivity contribution < 1.29 is 22.6 Å². The van der Waals surface area contributed by atoms with E-state index in [1.807, 2.05) is 233 Å². The molecule has 145 heavy (non-hydrogen) atoms. The molecule has 0 bridgehead atoms. The monoisotopic (exact) mass is 2400 g/mol. The van der Waals surface area contributed by atoms with Crippen molar-refractivity contribution in [2.75, 3.05) is 127 Å². The van der Waals surface area contributed by atoms with Crippen LogP contribution in [0.5, 0.6) is 0 Å². The van der Waals surface area contributed by atoms with E-state index in [0.29, 0.717) is 18.5 Å². The van der Waals surface area contributed by atoms with E-state index in [9.17, 15) is 13.2 Å². The highest BCUT2D eigenvalue weighted by Crippen LogP contribution is 2.32. The van der Waals surface area contributed by atoms with E-state index in [1.54, 1.807) is 44.3 Å². The van der Waals surface area contributed by atoms with Crippen molar-refractivity contribution in [2.24, 2.45) is 0 Å². The van der Waals surface area contributed by atoms with E-state index in [-0.39, 0.29) is 23.5 Å². The summed E-state index contributed by atoms with van der Waals surface area (Å²) in [7, 11) is 24.3. The van der Waals surface area contributed by atoms with Crippen LogP contribution in [0, 0.1) is 48.4 Å². The molecular formula is C109H112F5I4N27. The molecule has 0 aliphatic carbocycles. The van der Waals surface area contributed by atoms with Crippen LogP contribution in [0.25, 0.3) is 130 Å². The van der Waals surface area contributed by atoms with Gasteiger partial charge in [-0.3, -0.25) is 18.2 Å². The SMILES string of the molecule is C.C=Cc1cc2nc(-c3ccc(N(C)C)cc3)cn2nc1I.C=Cc1cnn2cc(-c3ccc(N(C)C)cc3)nc2c1.CN(C)c1ccc(-c2cn3nc(I)cc(CCF)c3n2)cc1.Cc1cc(F)nn2cc(-c3ccc(N(C)C)cc3)nc12.Cc1cc(I)nn2cc(-c3ccc(N(C)C)cc3)nc12.Cc1cc2nc(-c3ccc(N(C)C)cc3)cn2nc1I.Cc1ccc(-c2cn3nccc(CCF)c3n2)cc1.F.F. The Bertz CT molecular complexity index is 7810. The normalized spacial score (nSPS) is 10.7. The lowest BCUT2D eigenvalue weighted by Crippen LogP contribution is -2.07. The third-order valence-corrected chi connectivity index (χ3v) is 26.0. The number of halogens is 9. The quantitative estimate of drug-likeness (QED) is 0.0541. The number of imidazole rings is 7. The molecule has 14 heterocycles. The molecule has 0 atom stereocenters. The molecule has 0 saturated heterocycles. The van der Waals surface area contributed by atoms with Crippen LogP contribution < -0.4 is 29.4 Å². The number of nitrogens with zero attached hydrogens (tertiary/aromatic N) is 27. The molecule has 0 saturated carbocycles. The number of hydrogen-bond acceptors (Lipinski definition) is 20. The third-order valence-electron chi connectivity index (χ3n) is 23.0. The first-order chi connectivity index (χ1) is 68.2. The average molecular weight is 2400 g/mol. The van der Waals surface area contributed by atoms with E-state index in [4.69, 9.17) is 0 Å². The highest BCUT2D eigenvalue weighted by Gasteiger charge is 2.19. The molecule has 0 aliphatic heterocycles. The zero-order valence-corrected chi connectivity index (χ0v) is 91.0. The molecule has 0 aliphatic rings. The Morgan fingerprint density at radius 3 is 1.02 bits per heavy atom. The van der Waals surface area contributed by atoms with Gasteiger partial charge in [-0.05, 0) is 250 Å². The molecule has 21 rings (SSSR count). The van der Waals surface area contributed by atoms with Crippen LogP contribution in [0.2, 0.25) is 0 Å². The second-order valence-electron chi connectivity index (χ2n) is 34.6. The zero-order valence-electron chi connectivity index (χ0n) is 82.3. The van der Waals surface area contributed by atoms with Gasteiger partial charge < -0.3 is 29.4 Å². The van der Waals surface area contributed by atoms with Crippen molar-refractivity contribution in [3.63, 3.8) is 0 Å². The van der Waals surface area contributed by atoms with E-state index in [0.717, 1.165) is 178 Å². The first-order valence-corrected chi connectivity index (χ1v) is 49.5. The van der Waals surface area contributed by atoms with Crippen molar-refractivity contribution in [3.05, 3.63) is 347 Å². The fraction of sp³-hybridized carbons (Fsp3) is 0.193. The molecule has 7 aromatic carbocycles. The lowest BCUT2D eigenvalue weighted by molar-refractivity contribution is 0.495. The molecule has 0 unspecified atom stereocenters. The van der Waals surface area contributed by atoms with Gasteiger partial charge in [0.25, 0.3) is 0 Å². The van der Waals surface area contributed by atoms with Crippen LogP contribution >= 0.6 is 90.4 Å². The van der Waals surface area contributed by atoms with E-state index in [2.05, 4.69) is 340 Å². The molecule has 0 fully saturated rings. The Balaban J connectivity index is 0.000000150. The molecule has 14 aromatic heterocycles. The van der Waals surface area contributed by atoms with Crippen LogP contribution in [0.3, 0.4) is 0 Å². The van der Waals surface area contributed by atoms with Crippen LogP contribution in [0.4, 0.5) is 56.7 Å². The Morgan fingerprint density at radius 1 is 0.310 bits per heavy atom. The molecular weight excluding hydrogens is 2290 g/mol. The van der Waals surface area contributed by atoms with Gasteiger partial charge in [-0.25, -0.2) is 66.5 Å². The highest BCUT2D eigenvalue weighted by molar-refractivity contribution is 14.1. The molecule has 36 heteroatoms. The molecule has 21 aromatic rings. The lowest BCUT2D eigenvalue weighted by atomic mass is 10.1. The van der Waals surface area contributed by atoms with Gasteiger partial charge in [0.05, 0.1) is 103 Å². The molecule has 0 spiro atoms. The van der Waals surface area contributed by atoms with Gasteiger partial charge in [0.15, 0.2) is 39.5 Å². The van der Waals surface area contributed by atoms with Crippen LogP contribution in [0.15, 0.2) is 281 Å². The highest BCUT2D eigenvalue weighted by atomic mass is 127. The summed E-state index contributed by atoms with van der Waals surface area (Å²) in [4.78, 5) is 44.7. The number of anilines is 6. The third kappa shape index (κ3) is 26.9. The largest absolute Gasteiger partial charge is 0.378 e. The average Bonchev–Trinajstić information content (AvgIpc) is 1.67. The zero-order chi connectivity index (χ0) is 101. The second-order valence-corrected chi connectivity index (χ2v) is 38.9. The Morgan fingerprint density at radius 2 is 0.628 bits per heavy atom. The lowest BCUT2D eigenvalue weighted by Gasteiger charge is -2.11. The van der Waals surface area contributed by atoms with E-state index >= 15 is 0 Å². The summed E-state index contributed by atoms with van der Waals surface area (Å²) in [5.74, 6) is -0.498. The van der Waals surface area contributed by atoms with Crippen molar-refractivity contribution in [3.8, 4) is 78.8 Å². The molecule has 0 N–H and O–H groups in total. The smallest absolute Gasteiger partial charge is 0.232 e. The summed E-state index contributed by atoms with van der Waals surface area (Å²) < 4.78 is 54.5. The van der Waals surface area contributed by atoms with Crippen molar-refractivity contribution in [1.82, 2.24) is 102 Å². The summed E-state index contributed by atoms with van der Waals surface area (Å²) in [6.45, 7) is 14.8. The Kier molecular flexibility index (Phi) is 37.3. The van der Waals surface area contributed by atoms with Crippen LogP contribution in [0.1, 0.15) is 51.9 Å². The van der Waals surface area contributed by atoms with Gasteiger partial charge in [-0.2, -0.15) is 35.0 Å². The van der Waals surface area contributed by atoms with Crippen molar-refractivity contribution in [1.29, 1.82) is 0 Å². The predicted molar refractivity (Wildman–Crippen MR) is 616 cm³/mol. The fourth-order valence-electron chi connectivity index (χ4n) is 15.1. The number of fused-ring (bicyclic) bond motifs is 7. The van der Waals surface area contributed by atoms with Gasteiger partial charge in [0.1, 0.15) is 14.8 Å². The molecule has 746 valence electrons. The fourth-order valence-corrected chi connectivity index (χ4v) is 17.4. The van der Waals surface area contributed by atoms with Crippen LogP contribution in [-0.4, -0.2) is 200 Å². The number of aromatic nitrogens is 21. The number of aryl methyl sites for hydroxylation is 6. The van der Waals surface area contributed by atoms with E-state index in [1.165, 1.54) is 38.9 Å². The molecule has 27 nitrogen and oxygen atoms in total. The second kappa shape index (κ2) is 49.3. The summed E-state index contributed by atoms with van der Waals surface area (Å²) in [5, 5.41) is 30.2. The molecule has 0 amide bonds. The summed E-state index contributed by atoms with van der Waals surface area (Å²) >= 11 is 8.81. The molecule has 0 radical (unpaired) electrons. The number of rotatable bonds is 19. The minimum absolute atomic E-state index is 0. The van der Waals surface area contributed by atoms with Gasteiger partial charge in [0.2, 0.25) is 5.95 Å². The first-order valence-electron chi connectivity index (χ1n) is 45.2. The number of benzene rings is 7.